The number of thiazole rings is 1. The van der Waals surface area contributed by atoms with Crippen LogP contribution in [0.25, 0.3) is 12.2 Å². The normalized spacial score (nSPS) is 12.8. The second-order valence-corrected chi connectivity index (χ2v) is 7.26. The van der Waals surface area contributed by atoms with Crippen LogP contribution in [-0.2, 0) is 31.8 Å². The summed E-state index contributed by atoms with van der Waals surface area (Å²) in [4.78, 5) is 36.8. The van der Waals surface area contributed by atoms with E-state index in [9.17, 15) is 27.6 Å². The van der Waals surface area contributed by atoms with Crippen molar-refractivity contribution in [1.29, 1.82) is 0 Å². The maximum Gasteiger partial charge on any atom is 0.416 e. The quantitative estimate of drug-likeness (QED) is 0.469. The molecular formula is C20H21F3N2O5S. The summed E-state index contributed by atoms with van der Waals surface area (Å²) in [5.41, 5.74) is -0.995. The Bertz CT molecular complexity index is 1090. The van der Waals surface area contributed by atoms with Gasteiger partial charge in [-0.1, -0.05) is 12.1 Å². The number of ether oxygens (including phenoxy) is 2. The number of carbonyl (C=O) groups excluding carboxylic acids is 2. The Morgan fingerprint density at radius 3 is 2.48 bits per heavy atom. The van der Waals surface area contributed by atoms with Crippen LogP contribution in [0.3, 0.4) is 0 Å². The van der Waals surface area contributed by atoms with Gasteiger partial charge in [-0.05, 0) is 30.7 Å². The van der Waals surface area contributed by atoms with E-state index in [-0.39, 0.29) is 28.9 Å². The molecule has 0 atom stereocenters. The maximum atomic E-state index is 12.8. The largest absolute Gasteiger partial charge is 0.463 e. The van der Waals surface area contributed by atoms with E-state index in [0.29, 0.717) is 12.2 Å². The van der Waals surface area contributed by atoms with Gasteiger partial charge in [0.25, 0.3) is 5.56 Å². The number of alkyl halides is 3. The zero-order valence-corrected chi connectivity index (χ0v) is 17.6. The number of carbonyl (C=O) groups is 2. The van der Waals surface area contributed by atoms with Gasteiger partial charge in [0.15, 0.2) is 0 Å². The number of rotatable bonds is 8. The highest BCUT2D eigenvalue weighted by molar-refractivity contribution is 7.07. The fourth-order valence-corrected chi connectivity index (χ4v) is 3.52. The molecule has 1 amide bonds. The summed E-state index contributed by atoms with van der Waals surface area (Å²) in [6.45, 7) is 1.95. The Hall–Kier alpha value is -2.92. The number of hydrogen-bond acceptors (Lipinski definition) is 6. The number of hydrogen-bond donors (Lipinski definition) is 1. The molecule has 0 saturated carbocycles. The fourth-order valence-electron chi connectivity index (χ4n) is 2.49. The Labute approximate surface area is 179 Å². The van der Waals surface area contributed by atoms with Crippen LogP contribution < -0.4 is 20.1 Å². The molecule has 11 heteroatoms. The van der Waals surface area contributed by atoms with Crippen LogP contribution in [-0.4, -0.2) is 43.3 Å². The lowest BCUT2D eigenvalue weighted by molar-refractivity contribution is -0.137. The first-order valence-corrected chi connectivity index (χ1v) is 10.00. The summed E-state index contributed by atoms with van der Waals surface area (Å²) in [7, 11) is 1.48. The number of halogens is 3. The van der Waals surface area contributed by atoms with Gasteiger partial charge < -0.3 is 14.8 Å². The summed E-state index contributed by atoms with van der Waals surface area (Å²) < 4.78 is 49.3. The summed E-state index contributed by atoms with van der Waals surface area (Å²) in [6.07, 6.45) is -1.97. The second kappa shape index (κ2) is 10.9. The van der Waals surface area contributed by atoms with Crippen molar-refractivity contribution in [2.75, 3.05) is 26.9 Å². The third-order valence-electron chi connectivity index (χ3n) is 3.93. The number of aromatic nitrogens is 1. The zero-order valence-electron chi connectivity index (χ0n) is 16.8. The Kier molecular flexibility index (Phi) is 8.57. The summed E-state index contributed by atoms with van der Waals surface area (Å²) in [5, 5.41) is 2.58. The first-order chi connectivity index (χ1) is 14.7. The van der Waals surface area contributed by atoms with Gasteiger partial charge >= 0.3 is 12.1 Å². The highest BCUT2D eigenvalue weighted by Crippen LogP contribution is 2.29. The SMILES string of the molecule is CCOC(=O)C=c1sc(=Cc2ccc(C(F)(F)F)cc2)c(=O)n1CC(=O)NCCOC. The number of nitrogens with one attached hydrogen (secondary N) is 1. The summed E-state index contributed by atoms with van der Waals surface area (Å²) in [5.74, 6) is -1.14. The molecule has 0 saturated heterocycles. The van der Waals surface area contributed by atoms with Crippen LogP contribution in [0.1, 0.15) is 18.1 Å². The van der Waals surface area contributed by atoms with Crippen molar-refractivity contribution in [3.63, 3.8) is 0 Å². The molecule has 168 valence electrons. The van der Waals surface area contributed by atoms with Gasteiger partial charge in [-0.15, -0.1) is 11.3 Å². The third kappa shape index (κ3) is 7.07. The van der Waals surface area contributed by atoms with Crippen molar-refractivity contribution in [3.05, 3.63) is 54.9 Å². The predicted molar refractivity (Wildman–Crippen MR) is 109 cm³/mol. The molecule has 1 aromatic carbocycles. The van der Waals surface area contributed by atoms with Crippen molar-refractivity contribution in [3.8, 4) is 0 Å². The molecule has 1 aromatic heterocycles. The maximum absolute atomic E-state index is 12.8. The highest BCUT2D eigenvalue weighted by atomic mass is 32.1. The average Bonchev–Trinajstić information content (AvgIpc) is 2.97. The molecule has 0 aliphatic heterocycles. The van der Waals surface area contributed by atoms with Crippen LogP contribution in [0.2, 0.25) is 0 Å². The van der Waals surface area contributed by atoms with Crippen molar-refractivity contribution < 1.29 is 32.2 Å². The van der Waals surface area contributed by atoms with Gasteiger partial charge in [-0.3, -0.25) is 14.2 Å². The van der Waals surface area contributed by atoms with Crippen LogP contribution in [0.4, 0.5) is 13.2 Å². The second-order valence-electron chi connectivity index (χ2n) is 6.20. The number of amides is 1. The molecule has 0 unspecified atom stereocenters. The minimum atomic E-state index is -4.47. The first kappa shape index (κ1) is 24.4. The third-order valence-corrected chi connectivity index (χ3v) is 4.99. The van der Waals surface area contributed by atoms with Crippen molar-refractivity contribution in [2.24, 2.45) is 0 Å². The molecule has 31 heavy (non-hydrogen) atoms. The van der Waals surface area contributed by atoms with Gasteiger partial charge in [-0.2, -0.15) is 13.2 Å². The van der Waals surface area contributed by atoms with Crippen molar-refractivity contribution in [2.45, 2.75) is 19.6 Å². The number of nitrogens with zero attached hydrogens (tertiary/aromatic N) is 1. The zero-order chi connectivity index (χ0) is 23.0. The number of benzene rings is 1. The lowest BCUT2D eigenvalue weighted by Crippen LogP contribution is -2.39. The molecule has 2 aromatic rings. The van der Waals surface area contributed by atoms with E-state index >= 15 is 0 Å². The number of methoxy groups -OCH3 is 1. The molecule has 0 aliphatic carbocycles. The smallest absolute Gasteiger partial charge is 0.416 e. The monoisotopic (exact) mass is 458 g/mol. The van der Waals surface area contributed by atoms with E-state index < -0.39 is 29.2 Å². The highest BCUT2D eigenvalue weighted by Gasteiger charge is 2.29. The molecule has 1 heterocycles. The van der Waals surface area contributed by atoms with E-state index in [2.05, 4.69) is 5.32 Å². The Morgan fingerprint density at radius 2 is 1.90 bits per heavy atom. The fraction of sp³-hybridized carbons (Fsp3) is 0.350. The molecule has 7 nitrogen and oxygen atoms in total. The van der Waals surface area contributed by atoms with Crippen molar-refractivity contribution in [1.82, 2.24) is 9.88 Å². The average molecular weight is 458 g/mol. The Balaban J connectivity index is 2.45. The van der Waals surface area contributed by atoms with Gasteiger partial charge in [0.05, 0.1) is 29.4 Å². The van der Waals surface area contributed by atoms with Crippen LogP contribution in [0.15, 0.2) is 29.1 Å². The number of esters is 1. The molecular weight excluding hydrogens is 437 g/mol. The summed E-state index contributed by atoms with van der Waals surface area (Å²) >= 11 is 0.927. The van der Waals surface area contributed by atoms with E-state index in [1.54, 1.807) is 6.92 Å². The first-order valence-electron chi connectivity index (χ1n) is 9.18. The molecule has 0 radical (unpaired) electrons. The van der Waals surface area contributed by atoms with E-state index in [0.717, 1.165) is 34.1 Å². The van der Waals surface area contributed by atoms with Crippen LogP contribution in [0, 0.1) is 0 Å². The minimum Gasteiger partial charge on any atom is -0.463 e. The predicted octanol–water partition coefficient (Wildman–Crippen LogP) is 0.864. The molecule has 0 aliphatic rings. The standard InChI is InChI=1S/C20H21F3N2O5S/c1-3-30-18(27)11-17-25(12-16(26)24-8-9-29-2)19(28)15(31-17)10-13-4-6-14(7-5-13)20(21,22)23/h4-7,10-11H,3,8-9,12H2,1-2H3,(H,24,26). The van der Waals surface area contributed by atoms with Crippen LogP contribution >= 0.6 is 11.3 Å². The molecule has 0 fully saturated rings. The van der Waals surface area contributed by atoms with Crippen molar-refractivity contribution >= 4 is 35.4 Å². The van der Waals surface area contributed by atoms with Gasteiger partial charge in [-0.25, -0.2) is 4.79 Å². The van der Waals surface area contributed by atoms with Gasteiger partial charge in [0.1, 0.15) is 11.2 Å². The van der Waals surface area contributed by atoms with E-state index in [1.807, 2.05) is 0 Å². The van der Waals surface area contributed by atoms with Gasteiger partial charge in [0, 0.05) is 13.7 Å². The lowest BCUT2D eigenvalue weighted by Gasteiger charge is -2.05. The van der Waals surface area contributed by atoms with Crippen LogP contribution in [0.5, 0.6) is 0 Å². The molecule has 2 rings (SSSR count). The van der Waals surface area contributed by atoms with Gasteiger partial charge in [0.2, 0.25) is 5.91 Å². The topological polar surface area (TPSA) is 86.6 Å². The molecule has 0 spiro atoms. The van der Waals surface area contributed by atoms with E-state index in [4.69, 9.17) is 9.47 Å². The summed E-state index contributed by atoms with van der Waals surface area (Å²) in [6, 6.07) is 4.29. The lowest BCUT2D eigenvalue weighted by atomic mass is 10.1. The molecule has 0 bridgehead atoms. The minimum absolute atomic E-state index is 0.132. The Morgan fingerprint density at radius 1 is 1.23 bits per heavy atom. The van der Waals surface area contributed by atoms with E-state index in [1.165, 1.54) is 25.3 Å². The molecule has 1 N–H and O–H groups in total.